The molecule has 0 amide bonds. The zero-order valence-electron chi connectivity index (χ0n) is 20.8. The second-order valence-corrected chi connectivity index (χ2v) is 12.0. The second-order valence-electron chi connectivity index (χ2n) is 9.35. The topological polar surface area (TPSA) is 104 Å². The summed E-state index contributed by atoms with van der Waals surface area (Å²) in [6.45, 7) is 1.92. The number of halogens is 4. The van der Waals surface area contributed by atoms with Crippen molar-refractivity contribution in [1.82, 2.24) is 9.97 Å². The lowest BCUT2D eigenvalue weighted by molar-refractivity contribution is -0.139. The van der Waals surface area contributed by atoms with E-state index in [0.717, 1.165) is 23.8 Å². The van der Waals surface area contributed by atoms with Gasteiger partial charge in [-0.25, -0.2) is 18.4 Å². The fourth-order valence-electron chi connectivity index (χ4n) is 4.61. The van der Waals surface area contributed by atoms with Gasteiger partial charge >= 0.3 is 6.18 Å². The molecule has 1 aromatic heterocycles. The van der Waals surface area contributed by atoms with Crippen LogP contribution in [-0.2, 0) is 16.0 Å². The van der Waals surface area contributed by atoms with E-state index < -0.39 is 31.7 Å². The first-order valence-corrected chi connectivity index (χ1v) is 14.0. The summed E-state index contributed by atoms with van der Waals surface area (Å²) in [6, 6.07) is 13.2. The van der Waals surface area contributed by atoms with Crippen molar-refractivity contribution in [3.63, 3.8) is 0 Å². The van der Waals surface area contributed by atoms with Gasteiger partial charge < -0.3 is 4.90 Å². The van der Waals surface area contributed by atoms with Crippen LogP contribution < -0.4 is 4.90 Å². The van der Waals surface area contributed by atoms with Crippen LogP contribution in [0.15, 0.2) is 59.6 Å². The molecule has 39 heavy (non-hydrogen) atoms. The number of aromatic nitrogens is 2. The van der Waals surface area contributed by atoms with Crippen molar-refractivity contribution < 1.29 is 26.4 Å². The molecule has 4 rings (SSSR count). The first-order valence-electron chi connectivity index (χ1n) is 12.1. The van der Waals surface area contributed by atoms with Crippen LogP contribution in [0.3, 0.4) is 0 Å². The molecule has 2 aromatic carbocycles. The quantitative estimate of drug-likeness (QED) is 0.310. The monoisotopic (exact) mass is 576 g/mol. The van der Waals surface area contributed by atoms with Gasteiger partial charge in [-0.3, -0.25) is 4.79 Å². The maximum atomic E-state index is 13.5. The van der Waals surface area contributed by atoms with Gasteiger partial charge in [0.1, 0.15) is 11.9 Å². The fourth-order valence-corrected chi connectivity index (χ4v) is 6.64. The van der Waals surface area contributed by atoms with Gasteiger partial charge in [0, 0.05) is 30.7 Å². The number of sulfone groups is 1. The molecular weight excluding hydrogens is 553 g/mol. The minimum atomic E-state index is -4.83. The Bertz CT molecular complexity index is 1520. The zero-order valence-corrected chi connectivity index (χ0v) is 22.4. The Labute approximate surface area is 229 Å². The molecule has 7 nitrogen and oxygen atoms in total. The summed E-state index contributed by atoms with van der Waals surface area (Å²) in [5.74, 6) is -0.342. The normalized spacial score (nSPS) is 16.6. The standard InChI is InChI=1S/C27H24ClF3N4O3S/c1-17(18-7-9-19(28)10-8-18)6-11-23(36)21-15-33-25(14-32)34-26(21)35-13-12-20(16-35)39(37,38)24-5-3-2-4-22(24)27(29,30)31/h2-5,7-10,15,17,20H,6,11-13,16H2,1H3/t17?,20-/m0/s1. The van der Waals surface area contributed by atoms with Crippen molar-refractivity contribution in [2.24, 2.45) is 0 Å². The number of ketones is 1. The molecule has 3 aromatic rings. The van der Waals surface area contributed by atoms with Crippen molar-refractivity contribution >= 4 is 33.0 Å². The van der Waals surface area contributed by atoms with E-state index in [1.165, 1.54) is 17.2 Å². The molecule has 12 heteroatoms. The summed E-state index contributed by atoms with van der Waals surface area (Å²) >= 11 is 5.95. The molecule has 2 atom stereocenters. The number of hydrogen-bond donors (Lipinski definition) is 0. The molecule has 1 fully saturated rings. The number of carbonyl (C=O) groups excluding carboxylic acids is 1. The molecule has 0 saturated carbocycles. The number of nitrogens with zero attached hydrogens (tertiary/aromatic N) is 4. The van der Waals surface area contributed by atoms with Crippen LogP contribution in [-0.4, -0.2) is 42.5 Å². The Morgan fingerprint density at radius 3 is 2.56 bits per heavy atom. The largest absolute Gasteiger partial charge is 0.417 e. The van der Waals surface area contributed by atoms with Crippen LogP contribution in [0.1, 0.15) is 59.4 Å². The number of alkyl halides is 3. The summed E-state index contributed by atoms with van der Waals surface area (Å²) < 4.78 is 67.1. The Hall–Kier alpha value is -3.49. The number of Topliss-reactive ketones (excluding diaryl/α,β-unsaturated/α-hetero) is 1. The molecule has 0 aliphatic carbocycles. The predicted molar refractivity (Wildman–Crippen MR) is 139 cm³/mol. The molecule has 1 aliphatic rings. The lowest BCUT2D eigenvalue weighted by Crippen LogP contribution is -2.30. The maximum absolute atomic E-state index is 13.5. The summed E-state index contributed by atoms with van der Waals surface area (Å²) in [7, 11) is -4.36. The highest BCUT2D eigenvalue weighted by atomic mass is 35.5. The van der Waals surface area contributed by atoms with Gasteiger partial charge in [0.25, 0.3) is 0 Å². The minimum Gasteiger partial charge on any atom is -0.355 e. The molecule has 0 N–H and O–H groups in total. The van der Waals surface area contributed by atoms with Gasteiger partial charge in [-0.1, -0.05) is 42.8 Å². The van der Waals surface area contributed by atoms with E-state index in [0.29, 0.717) is 11.4 Å². The molecule has 0 bridgehead atoms. The highest BCUT2D eigenvalue weighted by molar-refractivity contribution is 7.92. The maximum Gasteiger partial charge on any atom is 0.417 e. The summed E-state index contributed by atoms with van der Waals surface area (Å²) in [5.41, 5.74) is -0.0794. The van der Waals surface area contributed by atoms with Gasteiger partial charge in [0.15, 0.2) is 15.6 Å². The van der Waals surface area contributed by atoms with E-state index in [1.54, 1.807) is 12.1 Å². The van der Waals surface area contributed by atoms with Gasteiger partial charge in [-0.05, 0) is 48.6 Å². The molecule has 204 valence electrons. The van der Waals surface area contributed by atoms with Crippen molar-refractivity contribution in [3.05, 3.63) is 82.3 Å². The third-order valence-corrected chi connectivity index (χ3v) is 9.28. The van der Waals surface area contributed by atoms with Gasteiger partial charge in [-0.2, -0.15) is 18.4 Å². The first kappa shape index (κ1) is 28.5. The summed E-state index contributed by atoms with van der Waals surface area (Å²) in [5, 5.41) is 8.75. The Kier molecular flexibility index (Phi) is 8.28. The SMILES string of the molecule is CC(CCC(=O)c1cnc(C#N)nc1N1CC[C@H](S(=O)(=O)c2ccccc2C(F)(F)F)C1)c1ccc(Cl)cc1. The number of benzene rings is 2. The van der Waals surface area contributed by atoms with E-state index in [9.17, 15) is 31.6 Å². The van der Waals surface area contributed by atoms with Crippen molar-refractivity contribution in [2.75, 3.05) is 18.0 Å². The van der Waals surface area contributed by atoms with Crippen LogP contribution >= 0.6 is 11.6 Å². The lowest BCUT2D eigenvalue weighted by atomic mass is 9.94. The molecule has 1 saturated heterocycles. The van der Waals surface area contributed by atoms with Crippen LogP contribution in [0.5, 0.6) is 0 Å². The highest BCUT2D eigenvalue weighted by Crippen LogP contribution is 2.37. The molecule has 1 unspecified atom stereocenters. The lowest BCUT2D eigenvalue weighted by Gasteiger charge is -2.21. The molecule has 1 aliphatic heterocycles. The molecule has 2 heterocycles. The highest BCUT2D eigenvalue weighted by Gasteiger charge is 2.42. The first-order chi connectivity index (χ1) is 18.4. The second kappa shape index (κ2) is 11.3. The predicted octanol–water partition coefficient (Wildman–Crippen LogP) is 5.84. The number of hydrogen-bond acceptors (Lipinski definition) is 7. The van der Waals surface area contributed by atoms with Gasteiger partial charge in [0.05, 0.1) is 21.3 Å². The third-order valence-electron chi connectivity index (χ3n) is 6.79. The fraction of sp³-hybridized carbons (Fsp3) is 0.333. The van der Waals surface area contributed by atoms with Crippen molar-refractivity contribution in [3.8, 4) is 6.07 Å². The molecular formula is C27H24ClF3N4O3S. The number of carbonyl (C=O) groups is 1. The van der Waals surface area contributed by atoms with Crippen LogP contribution in [0, 0.1) is 11.3 Å². The Morgan fingerprint density at radius 2 is 1.90 bits per heavy atom. The van der Waals surface area contributed by atoms with E-state index in [2.05, 4.69) is 9.97 Å². The van der Waals surface area contributed by atoms with E-state index in [1.807, 2.05) is 25.1 Å². The van der Waals surface area contributed by atoms with Gasteiger partial charge in [-0.15, -0.1) is 0 Å². The van der Waals surface area contributed by atoms with E-state index in [-0.39, 0.29) is 54.8 Å². The number of rotatable bonds is 8. The summed E-state index contributed by atoms with van der Waals surface area (Å²) in [6.07, 6.45) is -2.91. The Morgan fingerprint density at radius 1 is 1.21 bits per heavy atom. The number of anilines is 1. The van der Waals surface area contributed by atoms with E-state index >= 15 is 0 Å². The summed E-state index contributed by atoms with van der Waals surface area (Å²) in [4.78, 5) is 22.1. The van der Waals surface area contributed by atoms with Crippen molar-refractivity contribution in [1.29, 1.82) is 5.26 Å². The van der Waals surface area contributed by atoms with Gasteiger partial charge in [0.2, 0.25) is 5.82 Å². The zero-order chi connectivity index (χ0) is 28.4. The van der Waals surface area contributed by atoms with Crippen LogP contribution in [0.25, 0.3) is 0 Å². The molecule has 0 spiro atoms. The van der Waals surface area contributed by atoms with Crippen LogP contribution in [0.2, 0.25) is 5.02 Å². The smallest absolute Gasteiger partial charge is 0.355 e. The molecule has 0 radical (unpaired) electrons. The Balaban J connectivity index is 1.56. The average molecular weight is 577 g/mol. The third kappa shape index (κ3) is 6.23. The van der Waals surface area contributed by atoms with Crippen molar-refractivity contribution in [2.45, 2.75) is 48.4 Å². The van der Waals surface area contributed by atoms with E-state index in [4.69, 9.17) is 11.6 Å². The minimum absolute atomic E-state index is 0.0294. The van der Waals surface area contributed by atoms with Crippen LogP contribution in [0.4, 0.5) is 19.0 Å². The average Bonchev–Trinajstić information content (AvgIpc) is 3.42. The number of nitriles is 1.